The molecule has 0 spiro atoms. The van der Waals surface area contributed by atoms with Crippen molar-refractivity contribution in [1.29, 1.82) is 0 Å². The molecule has 4 rings (SSSR count). The Labute approximate surface area is 193 Å². The number of carbonyl (C=O) groups excluding carboxylic acids is 2. The third-order valence-electron chi connectivity index (χ3n) is 6.08. The second-order valence-electron chi connectivity index (χ2n) is 8.74. The number of nitrogens with zero attached hydrogens (tertiary/aromatic N) is 5. The number of benzene rings is 1. The Morgan fingerprint density at radius 2 is 1.59 bits per heavy atom. The fourth-order valence-corrected chi connectivity index (χ4v) is 4.54. The van der Waals surface area contributed by atoms with E-state index in [0.717, 1.165) is 24.3 Å². The molecule has 0 aliphatic carbocycles. The van der Waals surface area contributed by atoms with Crippen LogP contribution in [0.4, 0.5) is 17.6 Å². The minimum absolute atomic E-state index is 0.0210. The number of morpholine rings is 1. The van der Waals surface area contributed by atoms with E-state index in [4.69, 9.17) is 4.74 Å². The molecule has 1 aromatic carbocycles. The van der Waals surface area contributed by atoms with Crippen molar-refractivity contribution in [2.75, 3.05) is 26.2 Å². The Morgan fingerprint density at radius 1 is 1.00 bits per heavy atom. The van der Waals surface area contributed by atoms with Gasteiger partial charge in [0, 0.05) is 32.1 Å². The zero-order valence-corrected chi connectivity index (χ0v) is 18.8. The number of ether oxygens (including phenoxy) is 1. The molecule has 0 saturated carbocycles. The summed E-state index contributed by atoms with van der Waals surface area (Å²) in [7, 11) is 0. The number of halogens is 4. The molecular weight excluding hydrogens is 458 g/mol. The van der Waals surface area contributed by atoms with E-state index in [1.54, 1.807) is 4.90 Å². The smallest absolute Gasteiger partial charge is 0.372 e. The maximum Gasteiger partial charge on any atom is 0.435 e. The summed E-state index contributed by atoms with van der Waals surface area (Å²) in [5.41, 5.74) is -2.21. The molecule has 3 heterocycles. The van der Waals surface area contributed by atoms with Crippen LogP contribution in [0.3, 0.4) is 0 Å². The first-order chi connectivity index (χ1) is 16.0. The minimum Gasteiger partial charge on any atom is -0.372 e. The van der Waals surface area contributed by atoms with Crippen LogP contribution in [-0.4, -0.2) is 75.0 Å². The normalized spacial score (nSPS) is 22.2. The lowest BCUT2D eigenvalue weighted by molar-refractivity contribution is -0.148. The lowest BCUT2D eigenvalue weighted by atomic mass is 9.94. The largest absolute Gasteiger partial charge is 0.435 e. The number of piperidine rings is 1. The molecule has 0 radical (unpaired) electrons. The van der Waals surface area contributed by atoms with Gasteiger partial charge < -0.3 is 14.5 Å². The van der Waals surface area contributed by atoms with Gasteiger partial charge in [-0.1, -0.05) is 5.21 Å². The Morgan fingerprint density at radius 3 is 2.15 bits per heavy atom. The van der Waals surface area contributed by atoms with E-state index >= 15 is 0 Å². The van der Waals surface area contributed by atoms with Crippen molar-refractivity contribution in [1.82, 2.24) is 24.8 Å². The van der Waals surface area contributed by atoms with Crippen molar-refractivity contribution < 1.29 is 31.9 Å². The van der Waals surface area contributed by atoms with Gasteiger partial charge in [-0.05, 0) is 51.0 Å². The summed E-state index contributed by atoms with van der Waals surface area (Å²) in [4.78, 5) is 28.9. The summed E-state index contributed by atoms with van der Waals surface area (Å²) in [5.74, 6) is -1.85. The lowest BCUT2D eigenvalue weighted by Gasteiger charge is -2.39. The highest BCUT2D eigenvalue weighted by molar-refractivity contribution is 5.94. The molecule has 184 valence electrons. The summed E-state index contributed by atoms with van der Waals surface area (Å²) in [6, 6.07) is 4.24. The quantitative estimate of drug-likeness (QED) is 0.628. The molecule has 12 heteroatoms. The van der Waals surface area contributed by atoms with Gasteiger partial charge in [-0.15, -0.1) is 5.10 Å². The molecule has 0 bridgehead atoms. The van der Waals surface area contributed by atoms with Crippen LogP contribution in [0.15, 0.2) is 24.3 Å². The maximum atomic E-state index is 13.9. The highest BCUT2D eigenvalue weighted by Crippen LogP contribution is 2.34. The van der Waals surface area contributed by atoms with E-state index in [2.05, 4.69) is 10.3 Å². The van der Waals surface area contributed by atoms with Crippen molar-refractivity contribution in [3.63, 3.8) is 0 Å². The first-order valence-electron chi connectivity index (χ1n) is 11.1. The second kappa shape index (κ2) is 9.32. The molecule has 2 atom stereocenters. The summed E-state index contributed by atoms with van der Waals surface area (Å²) in [6.45, 7) is 5.04. The number of carbonyl (C=O) groups is 2. The van der Waals surface area contributed by atoms with Gasteiger partial charge in [0.25, 0.3) is 5.91 Å². The van der Waals surface area contributed by atoms with E-state index in [0.29, 0.717) is 30.6 Å². The lowest BCUT2D eigenvalue weighted by Crippen LogP contribution is -2.51. The topological polar surface area (TPSA) is 80.6 Å². The number of amides is 2. The zero-order valence-electron chi connectivity index (χ0n) is 18.8. The minimum atomic E-state index is -4.92. The van der Waals surface area contributed by atoms with Gasteiger partial charge in [-0.2, -0.15) is 13.2 Å². The van der Waals surface area contributed by atoms with Crippen molar-refractivity contribution in [2.45, 2.75) is 45.1 Å². The van der Waals surface area contributed by atoms with Crippen LogP contribution in [0.5, 0.6) is 0 Å². The highest BCUT2D eigenvalue weighted by atomic mass is 19.4. The van der Waals surface area contributed by atoms with E-state index in [1.165, 1.54) is 4.90 Å². The maximum absolute atomic E-state index is 13.9. The molecule has 34 heavy (non-hydrogen) atoms. The van der Waals surface area contributed by atoms with Gasteiger partial charge in [0.2, 0.25) is 5.91 Å². The standard InChI is InChI=1S/C22H25F4N5O3/c1-13-11-30(12-14(2)34-13)20(32)15-7-9-29(10-8-15)21(33)18-19(22(24,25)26)31(28-27-18)17-5-3-16(23)4-6-17/h3-6,13-15H,7-12H2,1-2H3. The van der Waals surface area contributed by atoms with Crippen molar-refractivity contribution in [3.05, 3.63) is 41.5 Å². The van der Waals surface area contributed by atoms with Gasteiger partial charge in [0.15, 0.2) is 11.4 Å². The first kappa shape index (κ1) is 24.1. The van der Waals surface area contributed by atoms with Crippen LogP contribution in [-0.2, 0) is 15.7 Å². The van der Waals surface area contributed by atoms with Gasteiger partial charge >= 0.3 is 6.18 Å². The Hall–Kier alpha value is -3.02. The first-order valence-corrected chi connectivity index (χ1v) is 11.1. The van der Waals surface area contributed by atoms with E-state index in [-0.39, 0.29) is 42.8 Å². The third kappa shape index (κ3) is 4.91. The number of alkyl halides is 3. The van der Waals surface area contributed by atoms with Gasteiger partial charge in [-0.25, -0.2) is 9.07 Å². The van der Waals surface area contributed by atoms with Gasteiger partial charge in [0.1, 0.15) is 5.82 Å². The molecule has 1 aromatic heterocycles. The number of aromatic nitrogens is 3. The third-order valence-corrected chi connectivity index (χ3v) is 6.08. The van der Waals surface area contributed by atoms with Crippen LogP contribution in [0.2, 0.25) is 0 Å². The van der Waals surface area contributed by atoms with Crippen LogP contribution in [0.1, 0.15) is 42.9 Å². The van der Waals surface area contributed by atoms with Gasteiger partial charge in [-0.3, -0.25) is 9.59 Å². The van der Waals surface area contributed by atoms with Crippen molar-refractivity contribution >= 4 is 11.8 Å². The van der Waals surface area contributed by atoms with Crippen LogP contribution < -0.4 is 0 Å². The number of hydrogen-bond donors (Lipinski definition) is 0. The second-order valence-corrected chi connectivity index (χ2v) is 8.74. The molecule has 2 aromatic rings. The fraction of sp³-hybridized carbons (Fsp3) is 0.545. The molecular formula is C22H25F4N5O3. The van der Waals surface area contributed by atoms with Crippen LogP contribution in [0.25, 0.3) is 5.69 Å². The molecule has 2 aliphatic heterocycles. The predicted molar refractivity (Wildman–Crippen MR) is 112 cm³/mol. The summed E-state index contributed by atoms with van der Waals surface area (Å²) in [6.07, 6.45) is -4.37. The van der Waals surface area contributed by atoms with E-state index < -0.39 is 29.3 Å². The SMILES string of the molecule is CC1CN(C(=O)C2CCN(C(=O)c3nnn(-c4ccc(F)cc4)c3C(F)(F)F)CC2)CC(C)O1. The predicted octanol–water partition coefficient (Wildman–Crippen LogP) is 2.91. The summed E-state index contributed by atoms with van der Waals surface area (Å²) in [5, 5.41) is 7.04. The molecule has 8 nitrogen and oxygen atoms in total. The molecule has 2 unspecified atom stereocenters. The fourth-order valence-electron chi connectivity index (χ4n) is 4.54. The Balaban J connectivity index is 1.48. The van der Waals surface area contributed by atoms with Crippen molar-refractivity contribution in [2.24, 2.45) is 5.92 Å². The van der Waals surface area contributed by atoms with Gasteiger partial charge in [0.05, 0.1) is 17.9 Å². The molecule has 2 saturated heterocycles. The molecule has 2 aliphatic rings. The average Bonchev–Trinajstić information content (AvgIpc) is 3.24. The number of hydrogen-bond acceptors (Lipinski definition) is 5. The zero-order chi connectivity index (χ0) is 24.6. The van der Waals surface area contributed by atoms with Crippen LogP contribution >= 0.6 is 0 Å². The Kier molecular flexibility index (Phi) is 6.61. The average molecular weight is 483 g/mol. The summed E-state index contributed by atoms with van der Waals surface area (Å²) >= 11 is 0. The number of likely N-dealkylation sites (tertiary alicyclic amines) is 1. The van der Waals surface area contributed by atoms with E-state index in [9.17, 15) is 27.2 Å². The molecule has 2 amide bonds. The van der Waals surface area contributed by atoms with Crippen molar-refractivity contribution in [3.8, 4) is 5.69 Å². The van der Waals surface area contributed by atoms with E-state index in [1.807, 2.05) is 13.8 Å². The highest BCUT2D eigenvalue weighted by Gasteiger charge is 2.43. The molecule has 2 fully saturated rings. The van der Waals surface area contributed by atoms with Crippen LogP contribution in [0, 0.1) is 11.7 Å². The Bertz CT molecular complexity index is 1040. The number of rotatable bonds is 3. The molecule has 0 N–H and O–H groups in total. The summed E-state index contributed by atoms with van der Waals surface area (Å²) < 4.78 is 60.9. The monoisotopic (exact) mass is 483 g/mol.